The zero-order valence-corrected chi connectivity index (χ0v) is 9.07. The Labute approximate surface area is 97.4 Å². The standard InChI is InChI=1S/C12H12F2N2O/c13-12(14)10-3-1-2-9(6-10)7-15-8-11-4-5-16-17-11/h1-6,12,15H,7-8H2. The molecule has 0 saturated heterocycles. The van der Waals surface area contributed by atoms with Gasteiger partial charge in [-0.3, -0.25) is 0 Å². The minimum absolute atomic E-state index is 0.0453. The highest BCUT2D eigenvalue weighted by Gasteiger charge is 2.06. The predicted molar refractivity (Wildman–Crippen MR) is 58.4 cm³/mol. The first kappa shape index (κ1) is 11.7. The van der Waals surface area contributed by atoms with Crippen molar-refractivity contribution in [2.24, 2.45) is 0 Å². The van der Waals surface area contributed by atoms with Crippen molar-refractivity contribution in [2.45, 2.75) is 19.5 Å². The van der Waals surface area contributed by atoms with Gasteiger partial charge >= 0.3 is 0 Å². The van der Waals surface area contributed by atoms with Gasteiger partial charge in [-0.25, -0.2) is 8.78 Å². The molecular formula is C12H12F2N2O. The number of rotatable bonds is 5. The maximum Gasteiger partial charge on any atom is 0.263 e. The summed E-state index contributed by atoms with van der Waals surface area (Å²) in [7, 11) is 0. The zero-order chi connectivity index (χ0) is 12.1. The number of hydrogen-bond acceptors (Lipinski definition) is 3. The molecule has 1 heterocycles. The van der Waals surface area contributed by atoms with Gasteiger partial charge < -0.3 is 9.84 Å². The van der Waals surface area contributed by atoms with Gasteiger partial charge in [0.1, 0.15) is 5.76 Å². The monoisotopic (exact) mass is 238 g/mol. The summed E-state index contributed by atoms with van der Waals surface area (Å²) in [6.07, 6.45) is -0.863. The lowest BCUT2D eigenvalue weighted by molar-refractivity contribution is 0.151. The van der Waals surface area contributed by atoms with Crippen LogP contribution in [0.25, 0.3) is 0 Å². The zero-order valence-electron chi connectivity index (χ0n) is 9.07. The van der Waals surface area contributed by atoms with Crippen LogP contribution in [0.2, 0.25) is 0 Å². The van der Waals surface area contributed by atoms with Crippen LogP contribution in [-0.2, 0) is 13.1 Å². The molecule has 5 heteroatoms. The highest BCUT2D eigenvalue weighted by Crippen LogP contribution is 2.19. The van der Waals surface area contributed by atoms with Crippen LogP contribution in [0.15, 0.2) is 41.1 Å². The number of alkyl halides is 2. The van der Waals surface area contributed by atoms with E-state index < -0.39 is 6.43 Å². The van der Waals surface area contributed by atoms with E-state index in [4.69, 9.17) is 4.52 Å². The van der Waals surface area contributed by atoms with E-state index in [1.54, 1.807) is 24.4 Å². The third-order valence-electron chi connectivity index (χ3n) is 2.32. The van der Waals surface area contributed by atoms with Crippen molar-refractivity contribution in [3.63, 3.8) is 0 Å². The average molecular weight is 238 g/mol. The maximum absolute atomic E-state index is 12.4. The molecule has 2 rings (SSSR count). The second-order valence-corrected chi connectivity index (χ2v) is 3.63. The van der Waals surface area contributed by atoms with Crippen molar-refractivity contribution in [2.75, 3.05) is 0 Å². The average Bonchev–Trinajstić information content (AvgIpc) is 2.82. The fourth-order valence-electron chi connectivity index (χ4n) is 1.50. The minimum atomic E-state index is -2.43. The molecule has 0 radical (unpaired) electrons. The number of halogens is 2. The number of nitrogens with one attached hydrogen (secondary N) is 1. The second kappa shape index (κ2) is 5.54. The summed E-state index contributed by atoms with van der Waals surface area (Å²) in [5, 5.41) is 6.66. The van der Waals surface area contributed by atoms with Crippen molar-refractivity contribution in [1.29, 1.82) is 0 Å². The predicted octanol–water partition coefficient (Wildman–Crippen LogP) is 2.90. The van der Waals surface area contributed by atoms with Gasteiger partial charge in [0.15, 0.2) is 0 Å². The quantitative estimate of drug-likeness (QED) is 0.870. The van der Waals surface area contributed by atoms with E-state index in [0.717, 1.165) is 11.3 Å². The van der Waals surface area contributed by atoms with E-state index in [9.17, 15) is 8.78 Å². The molecule has 1 aromatic carbocycles. The molecule has 0 fully saturated rings. The maximum atomic E-state index is 12.4. The summed E-state index contributed by atoms with van der Waals surface area (Å²) >= 11 is 0. The van der Waals surface area contributed by atoms with E-state index in [0.29, 0.717) is 13.1 Å². The molecule has 0 unspecified atom stereocenters. The molecular weight excluding hydrogens is 226 g/mol. The van der Waals surface area contributed by atoms with Crippen LogP contribution in [0.4, 0.5) is 8.78 Å². The van der Waals surface area contributed by atoms with Crippen LogP contribution < -0.4 is 5.32 Å². The summed E-state index contributed by atoms with van der Waals surface area (Å²) < 4.78 is 29.8. The summed E-state index contributed by atoms with van der Waals surface area (Å²) in [5.74, 6) is 0.718. The minimum Gasteiger partial charge on any atom is -0.360 e. The second-order valence-electron chi connectivity index (χ2n) is 3.63. The Hall–Kier alpha value is -1.75. The Balaban J connectivity index is 1.88. The normalized spacial score (nSPS) is 11.0. The first-order valence-corrected chi connectivity index (χ1v) is 5.23. The number of nitrogens with zero attached hydrogens (tertiary/aromatic N) is 1. The number of benzene rings is 1. The van der Waals surface area contributed by atoms with Gasteiger partial charge in [0.25, 0.3) is 6.43 Å². The fraction of sp³-hybridized carbons (Fsp3) is 0.250. The van der Waals surface area contributed by atoms with Crippen molar-refractivity contribution >= 4 is 0 Å². The summed E-state index contributed by atoms with van der Waals surface area (Å²) in [4.78, 5) is 0. The summed E-state index contributed by atoms with van der Waals surface area (Å²) in [5.41, 5.74) is 0.867. The first-order chi connectivity index (χ1) is 8.25. The lowest BCUT2D eigenvalue weighted by atomic mass is 10.1. The molecule has 1 N–H and O–H groups in total. The van der Waals surface area contributed by atoms with Crippen LogP contribution in [0.1, 0.15) is 23.3 Å². The van der Waals surface area contributed by atoms with Crippen LogP contribution in [0.5, 0.6) is 0 Å². The van der Waals surface area contributed by atoms with Crippen LogP contribution >= 0.6 is 0 Å². The number of aromatic nitrogens is 1. The Morgan fingerprint density at radius 3 is 2.82 bits per heavy atom. The fourth-order valence-corrected chi connectivity index (χ4v) is 1.50. The van der Waals surface area contributed by atoms with Gasteiger partial charge in [0.05, 0.1) is 12.7 Å². The van der Waals surface area contributed by atoms with E-state index in [2.05, 4.69) is 10.5 Å². The Bertz CT molecular complexity index is 457. The van der Waals surface area contributed by atoms with E-state index in [1.807, 2.05) is 0 Å². The molecule has 0 saturated carbocycles. The van der Waals surface area contributed by atoms with Crippen LogP contribution in [0.3, 0.4) is 0 Å². The van der Waals surface area contributed by atoms with E-state index in [1.165, 1.54) is 12.1 Å². The molecule has 1 aromatic heterocycles. The lowest BCUT2D eigenvalue weighted by Gasteiger charge is -2.05. The molecule has 17 heavy (non-hydrogen) atoms. The third kappa shape index (κ3) is 3.35. The van der Waals surface area contributed by atoms with Crippen LogP contribution in [0, 0.1) is 0 Å². The van der Waals surface area contributed by atoms with Crippen molar-refractivity contribution in [1.82, 2.24) is 10.5 Å². The highest BCUT2D eigenvalue weighted by molar-refractivity contribution is 5.24. The van der Waals surface area contributed by atoms with Gasteiger partial charge in [-0.1, -0.05) is 23.4 Å². The van der Waals surface area contributed by atoms with Crippen molar-refractivity contribution in [3.8, 4) is 0 Å². The smallest absolute Gasteiger partial charge is 0.263 e. The largest absolute Gasteiger partial charge is 0.360 e. The molecule has 0 bridgehead atoms. The molecule has 0 spiro atoms. The molecule has 90 valence electrons. The first-order valence-electron chi connectivity index (χ1n) is 5.23. The molecule has 0 amide bonds. The van der Waals surface area contributed by atoms with Crippen molar-refractivity contribution < 1.29 is 13.3 Å². The topological polar surface area (TPSA) is 38.1 Å². The Morgan fingerprint density at radius 1 is 1.24 bits per heavy atom. The van der Waals surface area contributed by atoms with Gasteiger partial charge in [0, 0.05) is 18.2 Å². The van der Waals surface area contributed by atoms with E-state index in [-0.39, 0.29) is 5.56 Å². The lowest BCUT2D eigenvalue weighted by Crippen LogP contribution is -2.12. The van der Waals surface area contributed by atoms with Crippen LogP contribution in [-0.4, -0.2) is 5.16 Å². The third-order valence-corrected chi connectivity index (χ3v) is 2.32. The summed E-state index contributed by atoms with van der Waals surface area (Å²) in [6.45, 7) is 1.04. The van der Waals surface area contributed by atoms with E-state index >= 15 is 0 Å². The SMILES string of the molecule is FC(F)c1cccc(CNCc2ccno2)c1. The molecule has 0 aliphatic carbocycles. The van der Waals surface area contributed by atoms with Gasteiger partial charge in [0.2, 0.25) is 0 Å². The van der Waals surface area contributed by atoms with Gasteiger partial charge in [-0.05, 0) is 11.6 Å². The molecule has 0 aliphatic rings. The number of hydrogen-bond donors (Lipinski definition) is 1. The molecule has 2 aromatic rings. The van der Waals surface area contributed by atoms with Crippen molar-refractivity contribution in [3.05, 3.63) is 53.4 Å². The Kier molecular flexibility index (Phi) is 3.82. The summed E-state index contributed by atoms with van der Waals surface area (Å²) in [6, 6.07) is 8.11. The molecule has 0 atom stereocenters. The molecule has 3 nitrogen and oxygen atoms in total. The van der Waals surface area contributed by atoms with Gasteiger partial charge in [-0.15, -0.1) is 0 Å². The Morgan fingerprint density at radius 2 is 2.12 bits per heavy atom. The highest BCUT2D eigenvalue weighted by atomic mass is 19.3. The van der Waals surface area contributed by atoms with Gasteiger partial charge in [-0.2, -0.15) is 0 Å². The molecule has 0 aliphatic heterocycles.